The third-order valence-electron chi connectivity index (χ3n) is 1.52. The molecule has 1 amide bonds. The van der Waals surface area contributed by atoms with E-state index in [0.717, 1.165) is 0 Å². The summed E-state index contributed by atoms with van der Waals surface area (Å²) in [6, 6.07) is 0. The number of hydrogen-bond donors (Lipinski definition) is 1. The number of carbonyl (C=O) groups excluding carboxylic acids is 1. The van der Waals surface area contributed by atoms with Crippen LogP contribution in [-0.4, -0.2) is 26.2 Å². The van der Waals surface area contributed by atoms with Crippen molar-refractivity contribution in [3.63, 3.8) is 0 Å². The Morgan fingerprint density at radius 1 is 1.70 bits per heavy atom. The van der Waals surface area contributed by atoms with Gasteiger partial charge in [0.1, 0.15) is 0 Å². The summed E-state index contributed by atoms with van der Waals surface area (Å²) in [7, 11) is 3.15. The molecule has 0 aromatic carbocycles. The van der Waals surface area contributed by atoms with Crippen LogP contribution in [0.25, 0.3) is 0 Å². The van der Waals surface area contributed by atoms with E-state index in [0.29, 0.717) is 0 Å². The molecule has 0 aromatic rings. The predicted octanol–water partition coefficient (Wildman–Crippen LogP) is 0.218. The smallest absolute Gasteiger partial charge is 0.225 e. The largest absolute Gasteiger partial charge is 0.381 e. The highest BCUT2D eigenvalue weighted by molar-refractivity contribution is 5.79. The van der Waals surface area contributed by atoms with Gasteiger partial charge in [0, 0.05) is 14.2 Å². The van der Waals surface area contributed by atoms with E-state index < -0.39 is 0 Å². The molecule has 0 aromatic heterocycles. The van der Waals surface area contributed by atoms with Gasteiger partial charge in [-0.1, -0.05) is 0 Å². The Hall–Kier alpha value is -0.570. The van der Waals surface area contributed by atoms with Crippen LogP contribution in [0.15, 0.2) is 0 Å². The SMILES string of the molecule is [CH2]C(C(=O)NC)C(C)OC. The van der Waals surface area contributed by atoms with Gasteiger partial charge in [-0.15, -0.1) is 0 Å². The maximum Gasteiger partial charge on any atom is 0.225 e. The first-order chi connectivity index (χ1) is 4.63. The zero-order valence-electron chi connectivity index (χ0n) is 6.68. The Bertz CT molecular complexity index is 114. The molecule has 0 aliphatic carbocycles. The van der Waals surface area contributed by atoms with E-state index in [2.05, 4.69) is 12.2 Å². The number of amides is 1. The molecule has 10 heavy (non-hydrogen) atoms. The van der Waals surface area contributed by atoms with E-state index >= 15 is 0 Å². The normalized spacial score (nSPS) is 16.0. The van der Waals surface area contributed by atoms with Crippen LogP contribution in [0, 0.1) is 12.8 Å². The molecule has 3 heteroatoms. The van der Waals surface area contributed by atoms with Crippen LogP contribution in [-0.2, 0) is 9.53 Å². The Kier molecular flexibility index (Phi) is 4.03. The molecule has 3 nitrogen and oxygen atoms in total. The molecule has 0 spiro atoms. The summed E-state index contributed by atoms with van der Waals surface area (Å²) in [6.07, 6.45) is -0.125. The molecule has 0 bridgehead atoms. The van der Waals surface area contributed by atoms with Crippen molar-refractivity contribution in [1.82, 2.24) is 5.32 Å². The lowest BCUT2D eigenvalue weighted by Crippen LogP contribution is -2.33. The van der Waals surface area contributed by atoms with Crippen molar-refractivity contribution in [2.45, 2.75) is 13.0 Å². The van der Waals surface area contributed by atoms with E-state index in [-0.39, 0.29) is 17.9 Å². The molecule has 0 fully saturated rings. The maximum absolute atomic E-state index is 10.9. The summed E-state index contributed by atoms with van der Waals surface area (Å²) < 4.78 is 4.91. The van der Waals surface area contributed by atoms with Gasteiger partial charge in [0.25, 0.3) is 0 Å². The average Bonchev–Trinajstić information content (AvgIpc) is 2.00. The van der Waals surface area contributed by atoms with Crippen LogP contribution in [0.2, 0.25) is 0 Å². The first kappa shape index (κ1) is 9.43. The lowest BCUT2D eigenvalue weighted by molar-refractivity contribution is -0.126. The highest BCUT2D eigenvalue weighted by Gasteiger charge is 2.17. The van der Waals surface area contributed by atoms with E-state index in [1.807, 2.05) is 6.92 Å². The first-order valence-electron chi connectivity index (χ1n) is 3.21. The lowest BCUT2D eigenvalue weighted by Gasteiger charge is -2.15. The monoisotopic (exact) mass is 144 g/mol. The Labute approximate surface area is 61.8 Å². The zero-order chi connectivity index (χ0) is 8.15. The van der Waals surface area contributed by atoms with Gasteiger partial charge in [0.15, 0.2) is 0 Å². The van der Waals surface area contributed by atoms with Gasteiger partial charge >= 0.3 is 0 Å². The van der Waals surface area contributed by atoms with Gasteiger partial charge in [-0.05, 0) is 13.8 Å². The van der Waals surface area contributed by atoms with Crippen molar-refractivity contribution in [2.24, 2.45) is 5.92 Å². The van der Waals surface area contributed by atoms with Crippen LogP contribution in [0.4, 0.5) is 0 Å². The van der Waals surface area contributed by atoms with Crippen LogP contribution in [0.3, 0.4) is 0 Å². The van der Waals surface area contributed by atoms with Crippen molar-refractivity contribution in [2.75, 3.05) is 14.2 Å². The standard InChI is InChI=1S/C7H14NO2/c1-5(6(2)10-4)7(9)8-3/h5-6H,1H2,2-4H3,(H,8,9). The molecule has 0 rings (SSSR count). The third-order valence-corrected chi connectivity index (χ3v) is 1.52. The molecule has 2 unspecified atom stereocenters. The van der Waals surface area contributed by atoms with Crippen LogP contribution in [0.5, 0.6) is 0 Å². The number of methoxy groups -OCH3 is 1. The minimum atomic E-state index is -0.324. The lowest BCUT2D eigenvalue weighted by atomic mass is 10.1. The summed E-state index contributed by atoms with van der Waals surface area (Å²) in [6.45, 7) is 5.45. The summed E-state index contributed by atoms with van der Waals surface area (Å²) in [4.78, 5) is 10.9. The highest BCUT2D eigenvalue weighted by Crippen LogP contribution is 2.03. The molecule has 1 N–H and O–H groups in total. The summed E-state index contributed by atoms with van der Waals surface area (Å²) >= 11 is 0. The molecule has 0 aliphatic rings. The van der Waals surface area contributed by atoms with Crippen molar-refractivity contribution in [1.29, 1.82) is 0 Å². The van der Waals surface area contributed by atoms with Gasteiger partial charge in [0.2, 0.25) is 5.91 Å². The molecular formula is C7H14NO2. The van der Waals surface area contributed by atoms with Gasteiger partial charge in [-0.25, -0.2) is 0 Å². The number of nitrogens with one attached hydrogen (secondary N) is 1. The fraction of sp³-hybridized carbons (Fsp3) is 0.714. The molecule has 59 valence electrons. The van der Waals surface area contributed by atoms with Crippen LogP contribution in [0.1, 0.15) is 6.92 Å². The van der Waals surface area contributed by atoms with Crippen molar-refractivity contribution in [3.8, 4) is 0 Å². The zero-order valence-corrected chi connectivity index (χ0v) is 6.68. The Morgan fingerprint density at radius 2 is 2.20 bits per heavy atom. The van der Waals surface area contributed by atoms with Gasteiger partial charge in [0.05, 0.1) is 12.0 Å². The summed E-state index contributed by atoms with van der Waals surface area (Å²) in [5, 5.41) is 2.50. The maximum atomic E-state index is 10.9. The van der Waals surface area contributed by atoms with Gasteiger partial charge in [-0.2, -0.15) is 0 Å². The van der Waals surface area contributed by atoms with E-state index in [4.69, 9.17) is 4.74 Å². The van der Waals surface area contributed by atoms with Crippen molar-refractivity contribution < 1.29 is 9.53 Å². The number of hydrogen-bond acceptors (Lipinski definition) is 2. The molecular weight excluding hydrogens is 130 g/mol. The average molecular weight is 144 g/mol. The second-order valence-corrected chi connectivity index (χ2v) is 2.16. The van der Waals surface area contributed by atoms with Crippen molar-refractivity contribution >= 4 is 5.91 Å². The predicted molar refractivity (Wildman–Crippen MR) is 39.4 cm³/mol. The van der Waals surface area contributed by atoms with Crippen molar-refractivity contribution in [3.05, 3.63) is 6.92 Å². The first-order valence-corrected chi connectivity index (χ1v) is 3.21. The number of ether oxygens (including phenoxy) is 1. The minimum Gasteiger partial charge on any atom is -0.381 e. The quantitative estimate of drug-likeness (QED) is 0.615. The van der Waals surface area contributed by atoms with E-state index in [1.165, 1.54) is 0 Å². The molecule has 0 heterocycles. The highest BCUT2D eigenvalue weighted by atomic mass is 16.5. The number of rotatable bonds is 3. The number of carbonyl (C=O) groups is 1. The Balaban J connectivity index is 3.81. The topological polar surface area (TPSA) is 38.3 Å². The van der Waals surface area contributed by atoms with E-state index in [9.17, 15) is 4.79 Å². The molecule has 0 saturated heterocycles. The molecule has 2 atom stereocenters. The van der Waals surface area contributed by atoms with Crippen LogP contribution < -0.4 is 5.32 Å². The molecule has 0 saturated carbocycles. The summed E-state index contributed by atoms with van der Waals surface area (Å²) in [5.41, 5.74) is 0. The summed E-state index contributed by atoms with van der Waals surface area (Å²) in [5.74, 6) is -0.413. The third kappa shape index (κ3) is 2.35. The second-order valence-electron chi connectivity index (χ2n) is 2.16. The van der Waals surface area contributed by atoms with Gasteiger partial charge in [-0.3, -0.25) is 4.79 Å². The molecule has 0 aliphatic heterocycles. The fourth-order valence-electron chi connectivity index (χ4n) is 0.563. The second kappa shape index (κ2) is 4.28. The Morgan fingerprint density at radius 3 is 2.50 bits per heavy atom. The fourth-order valence-corrected chi connectivity index (χ4v) is 0.563. The van der Waals surface area contributed by atoms with Crippen LogP contribution >= 0.6 is 0 Å². The van der Waals surface area contributed by atoms with Gasteiger partial charge < -0.3 is 10.1 Å². The minimum absolute atomic E-state index is 0.0886. The van der Waals surface area contributed by atoms with E-state index in [1.54, 1.807) is 14.2 Å². The molecule has 1 radical (unpaired) electrons.